The van der Waals surface area contributed by atoms with Crippen LogP contribution in [0.1, 0.15) is 11.1 Å². The van der Waals surface area contributed by atoms with Gasteiger partial charge in [-0.2, -0.15) is 0 Å². The van der Waals surface area contributed by atoms with Crippen molar-refractivity contribution in [2.24, 2.45) is 0 Å². The quantitative estimate of drug-likeness (QED) is 0.659. The molecule has 1 saturated heterocycles. The van der Waals surface area contributed by atoms with Gasteiger partial charge in [-0.15, -0.1) is 0 Å². The highest BCUT2D eigenvalue weighted by molar-refractivity contribution is 5.82. The molecule has 0 bridgehead atoms. The fraction of sp³-hybridized carbons (Fsp3) is 0.294. The van der Waals surface area contributed by atoms with Crippen LogP contribution in [0.15, 0.2) is 42.5 Å². The topological polar surface area (TPSA) is 12.5 Å². The predicted molar refractivity (Wildman–Crippen MR) is 77.7 cm³/mol. The van der Waals surface area contributed by atoms with Crippen molar-refractivity contribution in [2.75, 3.05) is 31.2 Å². The Hall–Kier alpha value is -1.80. The zero-order chi connectivity index (χ0) is 12.7. The summed E-state index contributed by atoms with van der Waals surface area (Å²) in [6.07, 6.45) is 1.07. The lowest BCUT2D eigenvalue weighted by Gasteiger charge is -2.30. The van der Waals surface area contributed by atoms with Crippen molar-refractivity contribution in [3.8, 4) is 11.1 Å². The van der Waals surface area contributed by atoms with Crippen LogP contribution in [0.25, 0.3) is 11.1 Å². The van der Waals surface area contributed by atoms with Crippen molar-refractivity contribution in [3.63, 3.8) is 0 Å². The molecule has 0 radical (unpaired) electrons. The van der Waals surface area contributed by atoms with Crippen LogP contribution in [0.2, 0.25) is 0 Å². The van der Waals surface area contributed by atoms with Crippen molar-refractivity contribution in [1.29, 1.82) is 0 Å². The first-order chi connectivity index (χ1) is 9.43. The van der Waals surface area contributed by atoms with Gasteiger partial charge in [0.15, 0.2) is 0 Å². The highest BCUT2D eigenvalue weighted by atomic mass is 16.5. The van der Waals surface area contributed by atoms with Crippen molar-refractivity contribution < 1.29 is 4.74 Å². The zero-order valence-corrected chi connectivity index (χ0v) is 10.9. The molecule has 2 aromatic rings. The van der Waals surface area contributed by atoms with E-state index in [1.165, 1.54) is 27.9 Å². The molecule has 0 unspecified atom stereocenters. The van der Waals surface area contributed by atoms with E-state index in [2.05, 4.69) is 47.4 Å². The molecule has 1 heterocycles. The molecule has 2 nitrogen and oxygen atoms in total. The molecule has 2 aliphatic rings. The molecule has 4 rings (SSSR count). The summed E-state index contributed by atoms with van der Waals surface area (Å²) in [5, 5.41) is 0. The lowest BCUT2D eigenvalue weighted by molar-refractivity contribution is 0.122. The smallest absolute Gasteiger partial charge is 0.0642 e. The van der Waals surface area contributed by atoms with Gasteiger partial charge in [-0.05, 0) is 28.3 Å². The largest absolute Gasteiger partial charge is 0.378 e. The molecular weight excluding hydrogens is 234 g/mol. The first kappa shape index (κ1) is 11.1. The summed E-state index contributed by atoms with van der Waals surface area (Å²) in [4.78, 5) is 2.47. The van der Waals surface area contributed by atoms with Gasteiger partial charge in [0.25, 0.3) is 0 Å². The maximum absolute atomic E-state index is 5.46. The van der Waals surface area contributed by atoms with Crippen LogP contribution in [0.4, 0.5) is 5.69 Å². The summed E-state index contributed by atoms with van der Waals surface area (Å²) in [5.74, 6) is 0. The third-order valence-corrected chi connectivity index (χ3v) is 4.18. The maximum atomic E-state index is 5.46. The Balaban J connectivity index is 1.80. The average Bonchev–Trinajstić information content (AvgIpc) is 2.87. The van der Waals surface area contributed by atoms with Gasteiger partial charge in [-0.25, -0.2) is 0 Å². The summed E-state index contributed by atoms with van der Waals surface area (Å²) in [6, 6.07) is 15.5. The van der Waals surface area contributed by atoms with Gasteiger partial charge in [0.1, 0.15) is 0 Å². The molecule has 2 aromatic carbocycles. The first-order valence-corrected chi connectivity index (χ1v) is 6.96. The number of ether oxygens (including phenoxy) is 1. The van der Waals surface area contributed by atoms with Crippen LogP contribution < -0.4 is 4.90 Å². The number of fused-ring (bicyclic) bond motifs is 3. The maximum Gasteiger partial charge on any atom is 0.0642 e. The minimum Gasteiger partial charge on any atom is -0.378 e. The second-order valence-corrected chi connectivity index (χ2v) is 5.24. The predicted octanol–water partition coefficient (Wildman–Crippen LogP) is 3.09. The highest BCUT2D eigenvalue weighted by Gasteiger charge is 2.23. The Bertz CT molecular complexity index is 614. The Labute approximate surface area is 113 Å². The van der Waals surface area contributed by atoms with E-state index in [1.54, 1.807) is 0 Å². The summed E-state index contributed by atoms with van der Waals surface area (Å²) >= 11 is 0. The summed E-state index contributed by atoms with van der Waals surface area (Å²) in [7, 11) is 0. The van der Waals surface area contributed by atoms with Crippen molar-refractivity contribution in [1.82, 2.24) is 0 Å². The van der Waals surface area contributed by atoms with E-state index in [1.807, 2.05) is 0 Å². The molecular formula is C17H17NO. The number of anilines is 1. The molecule has 0 spiro atoms. The van der Waals surface area contributed by atoms with Gasteiger partial charge in [0.05, 0.1) is 13.2 Å². The van der Waals surface area contributed by atoms with Gasteiger partial charge in [0.2, 0.25) is 0 Å². The molecule has 0 atom stereocenters. The fourth-order valence-corrected chi connectivity index (χ4v) is 3.24. The Morgan fingerprint density at radius 1 is 0.842 bits per heavy atom. The van der Waals surface area contributed by atoms with E-state index in [0.717, 1.165) is 32.7 Å². The van der Waals surface area contributed by atoms with Crippen LogP contribution >= 0.6 is 0 Å². The number of rotatable bonds is 1. The van der Waals surface area contributed by atoms with Gasteiger partial charge >= 0.3 is 0 Å². The third kappa shape index (κ3) is 1.75. The second-order valence-electron chi connectivity index (χ2n) is 5.24. The average molecular weight is 251 g/mol. The summed E-state index contributed by atoms with van der Waals surface area (Å²) < 4.78 is 5.46. The SMILES string of the molecule is c1ccc2c(c1)Cc1c-2cccc1N1CCOCC1. The van der Waals surface area contributed by atoms with Crippen molar-refractivity contribution in [3.05, 3.63) is 53.6 Å². The fourth-order valence-electron chi connectivity index (χ4n) is 3.24. The first-order valence-electron chi connectivity index (χ1n) is 6.96. The molecule has 1 aliphatic heterocycles. The number of hydrogen-bond acceptors (Lipinski definition) is 2. The molecule has 1 fully saturated rings. The van der Waals surface area contributed by atoms with Gasteiger partial charge < -0.3 is 9.64 Å². The standard InChI is InChI=1S/C17H17NO/c1-2-5-14-13(4-1)12-16-15(14)6-3-7-17(16)18-8-10-19-11-9-18/h1-7H,8-12H2. The van der Waals surface area contributed by atoms with Crippen molar-refractivity contribution >= 4 is 5.69 Å². The Morgan fingerprint density at radius 3 is 2.53 bits per heavy atom. The lowest BCUT2D eigenvalue weighted by Crippen LogP contribution is -2.36. The monoisotopic (exact) mass is 251 g/mol. The normalized spacial score (nSPS) is 17.2. The molecule has 0 saturated carbocycles. The van der Waals surface area contributed by atoms with Crippen LogP contribution in [0, 0.1) is 0 Å². The second kappa shape index (κ2) is 4.39. The highest BCUT2D eigenvalue weighted by Crippen LogP contribution is 2.41. The molecule has 1 aliphatic carbocycles. The number of hydrogen-bond donors (Lipinski definition) is 0. The van der Waals surface area contributed by atoms with Crippen molar-refractivity contribution in [2.45, 2.75) is 6.42 Å². The molecule has 19 heavy (non-hydrogen) atoms. The van der Waals surface area contributed by atoms with E-state index < -0.39 is 0 Å². The number of benzene rings is 2. The Morgan fingerprint density at radius 2 is 1.63 bits per heavy atom. The molecule has 0 N–H and O–H groups in total. The molecule has 2 heteroatoms. The van der Waals surface area contributed by atoms with E-state index in [4.69, 9.17) is 4.74 Å². The van der Waals surface area contributed by atoms with E-state index in [-0.39, 0.29) is 0 Å². The molecule has 0 aromatic heterocycles. The van der Waals surface area contributed by atoms with Gasteiger partial charge in [-0.1, -0.05) is 36.4 Å². The summed E-state index contributed by atoms with van der Waals surface area (Å²) in [6.45, 7) is 3.70. The van der Waals surface area contributed by atoms with E-state index in [0.29, 0.717) is 0 Å². The number of nitrogens with zero attached hydrogens (tertiary/aromatic N) is 1. The van der Waals surface area contributed by atoms with Crippen LogP contribution in [-0.2, 0) is 11.2 Å². The molecule has 0 amide bonds. The molecule has 96 valence electrons. The van der Waals surface area contributed by atoms with Gasteiger partial charge in [-0.3, -0.25) is 0 Å². The summed E-state index contributed by atoms with van der Waals surface area (Å²) in [5.41, 5.74) is 7.17. The van der Waals surface area contributed by atoms with E-state index in [9.17, 15) is 0 Å². The minimum absolute atomic E-state index is 0.844. The third-order valence-electron chi connectivity index (χ3n) is 4.18. The van der Waals surface area contributed by atoms with Crippen LogP contribution in [0.3, 0.4) is 0 Å². The zero-order valence-electron chi connectivity index (χ0n) is 10.9. The minimum atomic E-state index is 0.844. The Kier molecular flexibility index (Phi) is 2.56. The van der Waals surface area contributed by atoms with Crippen LogP contribution in [0.5, 0.6) is 0 Å². The van der Waals surface area contributed by atoms with Crippen LogP contribution in [-0.4, -0.2) is 26.3 Å². The van der Waals surface area contributed by atoms with E-state index >= 15 is 0 Å². The number of morpholine rings is 1. The lowest BCUT2D eigenvalue weighted by atomic mass is 10.0. The van der Waals surface area contributed by atoms with Gasteiger partial charge in [0, 0.05) is 25.2 Å².